The maximum Gasteiger partial charge on any atom is 0.267 e. The van der Waals surface area contributed by atoms with Crippen LogP contribution in [0.3, 0.4) is 0 Å². The molecule has 1 aliphatic rings. The number of anilines is 1. The quantitative estimate of drug-likeness (QED) is 0.753. The van der Waals surface area contributed by atoms with Crippen molar-refractivity contribution in [3.05, 3.63) is 53.6 Å². The zero-order valence-electron chi connectivity index (χ0n) is 18.0. The lowest BCUT2D eigenvalue weighted by Crippen LogP contribution is -2.22. The molecule has 1 fully saturated rings. The maximum absolute atomic E-state index is 11.7. The molecule has 0 bridgehead atoms. The number of H-pyrrole nitrogens is 1. The normalized spacial score (nSPS) is 16.3. The highest BCUT2D eigenvalue weighted by Crippen LogP contribution is 2.19. The van der Waals surface area contributed by atoms with E-state index in [1.54, 1.807) is 12.4 Å². The van der Waals surface area contributed by atoms with Gasteiger partial charge in [-0.25, -0.2) is 9.97 Å². The maximum atomic E-state index is 11.7. The molecule has 1 aliphatic heterocycles. The Hall–Kier alpha value is -2.89. The van der Waals surface area contributed by atoms with Gasteiger partial charge in [0.2, 0.25) is 5.95 Å². The van der Waals surface area contributed by atoms with E-state index in [4.69, 9.17) is 0 Å². The number of aromatic amines is 1. The van der Waals surface area contributed by atoms with Gasteiger partial charge in [-0.05, 0) is 56.4 Å². The Labute approximate surface area is 174 Å². The van der Waals surface area contributed by atoms with Gasteiger partial charge in [-0.3, -0.25) is 4.79 Å². The third-order valence-electron chi connectivity index (χ3n) is 4.59. The van der Waals surface area contributed by atoms with E-state index in [1.807, 2.05) is 44.2 Å². The molecule has 2 N–H and O–H groups in total. The summed E-state index contributed by atoms with van der Waals surface area (Å²) in [4.78, 5) is 25.5. The van der Waals surface area contributed by atoms with E-state index in [0.29, 0.717) is 12.2 Å². The van der Waals surface area contributed by atoms with Crippen LogP contribution in [0.5, 0.6) is 0 Å². The molecular formula is C23H33N5O. The lowest BCUT2D eigenvalue weighted by atomic mass is 10.2. The van der Waals surface area contributed by atoms with Crippen LogP contribution in [-0.2, 0) is 0 Å². The van der Waals surface area contributed by atoms with Gasteiger partial charge in [-0.15, -0.1) is 0 Å². The molecule has 1 saturated heterocycles. The van der Waals surface area contributed by atoms with E-state index in [-0.39, 0.29) is 5.91 Å². The summed E-state index contributed by atoms with van der Waals surface area (Å²) >= 11 is 0. The molecule has 3 rings (SSSR count). The van der Waals surface area contributed by atoms with Crippen molar-refractivity contribution >= 4 is 24.0 Å². The fourth-order valence-electron chi connectivity index (χ4n) is 3.12. The van der Waals surface area contributed by atoms with Gasteiger partial charge in [0.25, 0.3) is 5.91 Å². The molecule has 0 aromatic carbocycles. The Balaban J connectivity index is 0.000000218. The van der Waals surface area contributed by atoms with Gasteiger partial charge in [0.15, 0.2) is 0 Å². The third kappa shape index (κ3) is 6.89. The molecule has 1 atom stereocenters. The number of allylic oxidation sites excluding steroid dienone is 2. The molecule has 2 aromatic rings. The first-order valence-electron chi connectivity index (χ1n) is 10.4. The number of amides is 1. The number of hydrogen-bond donors (Lipinski definition) is 2. The van der Waals surface area contributed by atoms with E-state index >= 15 is 0 Å². The number of aromatic nitrogens is 3. The zero-order valence-corrected chi connectivity index (χ0v) is 18.0. The number of carbonyl (C=O) groups excluding carboxylic acids is 1. The van der Waals surface area contributed by atoms with Gasteiger partial charge in [0, 0.05) is 37.7 Å². The van der Waals surface area contributed by atoms with Gasteiger partial charge in [0.05, 0.1) is 0 Å². The van der Waals surface area contributed by atoms with Crippen molar-refractivity contribution in [3.8, 4) is 0 Å². The molecule has 0 radical (unpaired) electrons. The second-order valence-electron chi connectivity index (χ2n) is 7.11. The summed E-state index contributed by atoms with van der Waals surface area (Å²) < 4.78 is 0. The summed E-state index contributed by atoms with van der Waals surface area (Å²) in [6.07, 6.45) is 13.9. The fraction of sp³-hybridized carbons (Fsp3) is 0.435. The highest BCUT2D eigenvalue weighted by Gasteiger charge is 2.20. The topological polar surface area (TPSA) is 73.9 Å². The Morgan fingerprint density at radius 1 is 1.31 bits per heavy atom. The summed E-state index contributed by atoms with van der Waals surface area (Å²) in [6, 6.07) is 3.73. The number of nitrogens with one attached hydrogen (secondary N) is 2. The van der Waals surface area contributed by atoms with Crippen molar-refractivity contribution in [2.24, 2.45) is 5.92 Å². The van der Waals surface area contributed by atoms with Gasteiger partial charge in [0.1, 0.15) is 5.69 Å². The van der Waals surface area contributed by atoms with Crippen molar-refractivity contribution in [1.29, 1.82) is 0 Å². The van der Waals surface area contributed by atoms with Crippen molar-refractivity contribution in [1.82, 2.24) is 20.3 Å². The van der Waals surface area contributed by atoms with Gasteiger partial charge in [-0.2, -0.15) is 0 Å². The van der Waals surface area contributed by atoms with Gasteiger partial charge >= 0.3 is 0 Å². The smallest absolute Gasteiger partial charge is 0.267 e. The van der Waals surface area contributed by atoms with Crippen LogP contribution in [0.2, 0.25) is 0 Å². The van der Waals surface area contributed by atoms with Crippen molar-refractivity contribution in [3.63, 3.8) is 0 Å². The number of rotatable bonds is 6. The average Bonchev–Trinajstić information content (AvgIpc) is 3.34. The summed E-state index contributed by atoms with van der Waals surface area (Å²) in [5.41, 5.74) is 2.63. The second-order valence-corrected chi connectivity index (χ2v) is 7.11. The Morgan fingerprint density at radius 2 is 2.07 bits per heavy atom. The minimum Gasteiger partial charge on any atom is -0.351 e. The first kappa shape index (κ1) is 22.4. The predicted molar refractivity (Wildman–Crippen MR) is 121 cm³/mol. The molecule has 156 valence electrons. The molecule has 2 aromatic heterocycles. The zero-order chi connectivity index (χ0) is 21.1. The molecule has 0 aliphatic carbocycles. The molecule has 1 amide bonds. The monoisotopic (exact) mass is 395 g/mol. The highest BCUT2D eigenvalue weighted by atomic mass is 16.1. The van der Waals surface area contributed by atoms with E-state index in [1.165, 1.54) is 6.42 Å². The molecule has 1 unspecified atom stereocenters. The summed E-state index contributed by atoms with van der Waals surface area (Å²) in [7, 11) is 0. The largest absolute Gasteiger partial charge is 0.351 e. The highest BCUT2D eigenvalue weighted by molar-refractivity contribution is 5.94. The van der Waals surface area contributed by atoms with Gasteiger partial charge in [-0.1, -0.05) is 32.1 Å². The lowest BCUT2D eigenvalue weighted by Gasteiger charge is -2.14. The Bertz CT molecular complexity index is 810. The minimum absolute atomic E-state index is 0.0607. The lowest BCUT2D eigenvalue weighted by molar-refractivity contribution is 0.0951. The molecular weight excluding hydrogens is 362 g/mol. The van der Waals surface area contributed by atoms with Crippen LogP contribution >= 0.6 is 0 Å². The van der Waals surface area contributed by atoms with Crippen LogP contribution in [0.25, 0.3) is 12.2 Å². The van der Waals surface area contributed by atoms with E-state index < -0.39 is 0 Å². The summed E-state index contributed by atoms with van der Waals surface area (Å²) in [5, 5.41) is 2.78. The summed E-state index contributed by atoms with van der Waals surface area (Å²) in [6.45, 7) is 11.1. The van der Waals surface area contributed by atoms with Crippen LogP contribution in [0.1, 0.15) is 62.3 Å². The molecule has 29 heavy (non-hydrogen) atoms. The molecule has 0 spiro atoms. The SMILES string of the molecule is C/C=C\c1[nH]c(C(=O)NCC)cc1/C=C/CC.CC1CCN(c2ncccn2)C1. The van der Waals surface area contributed by atoms with Gasteiger partial charge < -0.3 is 15.2 Å². The van der Waals surface area contributed by atoms with E-state index in [9.17, 15) is 4.79 Å². The van der Waals surface area contributed by atoms with Crippen LogP contribution in [0.15, 0.2) is 36.7 Å². The van der Waals surface area contributed by atoms with Crippen LogP contribution in [0, 0.1) is 5.92 Å². The van der Waals surface area contributed by atoms with Crippen molar-refractivity contribution in [2.45, 2.75) is 40.5 Å². The molecule has 6 heteroatoms. The predicted octanol–water partition coefficient (Wildman–Crippen LogP) is 4.54. The second kappa shape index (κ2) is 11.8. The number of carbonyl (C=O) groups is 1. The molecule has 3 heterocycles. The van der Waals surface area contributed by atoms with Crippen LogP contribution in [0.4, 0.5) is 5.95 Å². The first-order chi connectivity index (χ1) is 14.1. The molecule has 6 nitrogen and oxygen atoms in total. The summed E-state index contributed by atoms with van der Waals surface area (Å²) in [5.74, 6) is 1.60. The van der Waals surface area contributed by atoms with Crippen LogP contribution < -0.4 is 10.2 Å². The van der Waals surface area contributed by atoms with Crippen molar-refractivity contribution < 1.29 is 4.79 Å². The number of nitrogens with zero attached hydrogens (tertiary/aromatic N) is 3. The van der Waals surface area contributed by atoms with E-state index in [0.717, 1.165) is 42.6 Å². The first-order valence-corrected chi connectivity index (χ1v) is 10.4. The fourth-order valence-corrected chi connectivity index (χ4v) is 3.12. The molecule has 0 saturated carbocycles. The Kier molecular flexibility index (Phi) is 9.15. The Morgan fingerprint density at radius 3 is 2.66 bits per heavy atom. The average molecular weight is 396 g/mol. The standard InChI is InChI=1S/C14H20N2O.C9H13N3/c1-4-7-9-11-10-13(14(17)15-6-3)16-12(11)8-5-2;1-8-3-6-12(7-8)9-10-4-2-5-11-9/h5,7-10,16H,4,6H2,1-3H3,(H,15,17);2,4-5,8H,3,6-7H2,1H3/b8-5-,9-7+;. The number of hydrogen-bond acceptors (Lipinski definition) is 4. The van der Waals surface area contributed by atoms with Crippen LogP contribution in [-0.4, -0.2) is 40.5 Å². The minimum atomic E-state index is -0.0607. The third-order valence-corrected chi connectivity index (χ3v) is 4.59. The van der Waals surface area contributed by atoms with Crippen molar-refractivity contribution in [2.75, 3.05) is 24.5 Å². The van der Waals surface area contributed by atoms with E-state index in [2.05, 4.69) is 45.1 Å².